The van der Waals surface area contributed by atoms with Crippen LogP contribution in [-0.2, 0) is 6.42 Å². The molecule has 0 saturated carbocycles. The molecule has 0 radical (unpaired) electrons. The molecule has 1 atom stereocenters. The molecule has 2 aromatic carbocycles. The highest BCUT2D eigenvalue weighted by atomic mass is 19.1. The Labute approximate surface area is 118 Å². The predicted octanol–water partition coefficient (Wildman–Crippen LogP) is 3.09. The average Bonchev–Trinajstić information content (AvgIpc) is 2.48. The van der Waals surface area contributed by atoms with Gasteiger partial charge in [0.15, 0.2) is 11.5 Å². The highest BCUT2D eigenvalue weighted by Crippen LogP contribution is 2.30. The van der Waals surface area contributed by atoms with Crippen molar-refractivity contribution in [2.45, 2.75) is 12.5 Å². The monoisotopic (exact) mass is 275 g/mol. The molecule has 0 aromatic heterocycles. The van der Waals surface area contributed by atoms with Gasteiger partial charge in [0, 0.05) is 6.04 Å². The maximum atomic E-state index is 13.6. The summed E-state index contributed by atoms with van der Waals surface area (Å²) in [5.74, 6) is 1.03. The van der Waals surface area contributed by atoms with Crippen molar-refractivity contribution in [2.24, 2.45) is 5.73 Å². The van der Waals surface area contributed by atoms with Gasteiger partial charge in [0.25, 0.3) is 0 Å². The van der Waals surface area contributed by atoms with E-state index >= 15 is 0 Å². The predicted molar refractivity (Wildman–Crippen MR) is 76.6 cm³/mol. The van der Waals surface area contributed by atoms with E-state index in [4.69, 9.17) is 15.2 Å². The van der Waals surface area contributed by atoms with E-state index in [2.05, 4.69) is 0 Å². The van der Waals surface area contributed by atoms with Crippen LogP contribution in [0.15, 0.2) is 42.5 Å². The van der Waals surface area contributed by atoms with Crippen molar-refractivity contribution in [3.05, 3.63) is 59.4 Å². The molecule has 20 heavy (non-hydrogen) atoms. The number of methoxy groups -OCH3 is 2. The number of rotatable bonds is 5. The minimum Gasteiger partial charge on any atom is -0.493 e. The Bertz CT molecular complexity index is 586. The quantitative estimate of drug-likeness (QED) is 0.912. The molecule has 0 bridgehead atoms. The van der Waals surface area contributed by atoms with Crippen molar-refractivity contribution in [1.82, 2.24) is 0 Å². The third-order valence-electron chi connectivity index (χ3n) is 3.23. The van der Waals surface area contributed by atoms with Crippen LogP contribution in [0.2, 0.25) is 0 Å². The van der Waals surface area contributed by atoms with Crippen molar-refractivity contribution < 1.29 is 13.9 Å². The maximum Gasteiger partial charge on any atom is 0.161 e. The third-order valence-corrected chi connectivity index (χ3v) is 3.23. The van der Waals surface area contributed by atoms with Crippen molar-refractivity contribution in [3.8, 4) is 11.5 Å². The first-order valence-electron chi connectivity index (χ1n) is 6.36. The van der Waals surface area contributed by atoms with Crippen LogP contribution in [-0.4, -0.2) is 14.2 Å². The maximum absolute atomic E-state index is 13.6. The normalized spacial score (nSPS) is 12.0. The summed E-state index contributed by atoms with van der Waals surface area (Å²) in [5.41, 5.74) is 7.63. The molecule has 2 N–H and O–H groups in total. The Morgan fingerprint density at radius 2 is 1.75 bits per heavy atom. The lowest BCUT2D eigenvalue weighted by Gasteiger charge is -2.15. The molecule has 2 rings (SSSR count). The topological polar surface area (TPSA) is 44.5 Å². The number of nitrogens with two attached hydrogens (primary N) is 1. The fraction of sp³-hybridized carbons (Fsp3) is 0.250. The van der Waals surface area contributed by atoms with Gasteiger partial charge >= 0.3 is 0 Å². The van der Waals surface area contributed by atoms with Crippen LogP contribution >= 0.6 is 0 Å². The average molecular weight is 275 g/mol. The Morgan fingerprint density at radius 3 is 2.40 bits per heavy atom. The summed E-state index contributed by atoms with van der Waals surface area (Å²) in [6.45, 7) is 0. The summed E-state index contributed by atoms with van der Waals surface area (Å²) in [5, 5.41) is 0. The first kappa shape index (κ1) is 14.3. The fourth-order valence-corrected chi connectivity index (χ4v) is 2.10. The Morgan fingerprint density at radius 1 is 1.05 bits per heavy atom. The molecule has 0 heterocycles. The van der Waals surface area contributed by atoms with Crippen LogP contribution in [0.25, 0.3) is 0 Å². The van der Waals surface area contributed by atoms with Crippen LogP contribution in [0.4, 0.5) is 4.39 Å². The largest absolute Gasteiger partial charge is 0.493 e. The number of hydrogen-bond acceptors (Lipinski definition) is 3. The molecule has 4 heteroatoms. The summed E-state index contributed by atoms with van der Waals surface area (Å²) >= 11 is 0. The molecule has 2 aromatic rings. The Hall–Kier alpha value is -2.07. The lowest BCUT2D eigenvalue weighted by Crippen LogP contribution is -2.14. The molecular weight excluding hydrogens is 257 g/mol. The van der Waals surface area contributed by atoms with Crippen molar-refractivity contribution >= 4 is 0 Å². The standard InChI is InChI=1S/C16H18FNO2/c1-19-15-8-7-12(10-16(15)20-2)14(18)9-11-5-3-4-6-13(11)17/h3-8,10,14H,9,18H2,1-2H3. The van der Waals surface area contributed by atoms with Crippen molar-refractivity contribution in [1.29, 1.82) is 0 Å². The molecule has 0 amide bonds. The lowest BCUT2D eigenvalue weighted by molar-refractivity contribution is 0.354. The van der Waals surface area contributed by atoms with Gasteiger partial charge in [0.1, 0.15) is 5.82 Å². The van der Waals surface area contributed by atoms with E-state index in [-0.39, 0.29) is 11.9 Å². The van der Waals surface area contributed by atoms with E-state index in [1.54, 1.807) is 38.5 Å². The van der Waals surface area contributed by atoms with Gasteiger partial charge in [-0.25, -0.2) is 4.39 Å². The lowest BCUT2D eigenvalue weighted by atomic mass is 9.99. The van der Waals surface area contributed by atoms with E-state index in [0.717, 1.165) is 5.56 Å². The summed E-state index contributed by atoms with van der Waals surface area (Å²) in [4.78, 5) is 0. The van der Waals surface area contributed by atoms with Gasteiger partial charge in [-0.1, -0.05) is 24.3 Å². The van der Waals surface area contributed by atoms with Gasteiger partial charge < -0.3 is 15.2 Å². The zero-order chi connectivity index (χ0) is 14.5. The van der Waals surface area contributed by atoms with E-state index in [0.29, 0.717) is 23.5 Å². The van der Waals surface area contributed by atoms with E-state index in [1.165, 1.54) is 6.07 Å². The van der Waals surface area contributed by atoms with Gasteiger partial charge in [0.2, 0.25) is 0 Å². The van der Waals surface area contributed by atoms with Gasteiger partial charge in [0.05, 0.1) is 14.2 Å². The van der Waals surface area contributed by atoms with Gasteiger partial charge in [-0.2, -0.15) is 0 Å². The Balaban J connectivity index is 2.21. The number of hydrogen-bond donors (Lipinski definition) is 1. The summed E-state index contributed by atoms with van der Waals surface area (Å²) in [6.07, 6.45) is 0.433. The highest BCUT2D eigenvalue weighted by molar-refractivity contribution is 5.44. The molecular formula is C16H18FNO2. The Kier molecular flexibility index (Phi) is 4.58. The summed E-state index contributed by atoms with van der Waals surface area (Å²) in [7, 11) is 3.15. The van der Waals surface area contributed by atoms with Crippen LogP contribution in [0.1, 0.15) is 17.2 Å². The van der Waals surface area contributed by atoms with Crippen molar-refractivity contribution in [3.63, 3.8) is 0 Å². The third kappa shape index (κ3) is 3.08. The van der Waals surface area contributed by atoms with Crippen LogP contribution in [0.3, 0.4) is 0 Å². The zero-order valence-electron chi connectivity index (χ0n) is 11.6. The molecule has 0 aliphatic rings. The molecule has 106 valence electrons. The highest BCUT2D eigenvalue weighted by Gasteiger charge is 2.13. The second-order valence-electron chi connectivity index (χ2n) is 4.52. The van der Waals surface area contributed by atoms with Crippen LogP contribution in [0.5, 0.6) is 11.5 Å². The molecule has 0 fully saturated rings. The first-order valence-corrected chi connectivity index (χ1v) is 6.36. The smallest absolute Gasteiger partial charge is 0.161 e. The SMILES string of the molecule is COc1ccc(C(N)Cc2ccccc2F)cc1OC. The second kappa shape index (κ2) is 6.39. The van der Waals surface area contributed by atoms with Gasteiger partial charge in [-0.05, 0) is 35.7 Å². The molecule has 0 spiro atoms. The minimum atomic E-state index is -0.299. The number of benzene rings is 2. The number of halogens is 1. The van der Waals surface area contributed by atoms with Crippen molar-refractivity contribution in [2.75, 3.05) is 14.2 Å². The molecule has 1 unspecified atom stereocenters. The van der Waals surface area contributed by atoms with Crippen LogP contribution in [0, 0.1) is 5.82 Å². The van der Waals surface area contributed by atoms with Gasteiger partial charge in [-0.3, -0.25) is 0 Å². The van der Waals surface area contributed by atoms with E-state index in [9.17, 15) is 4.39 Å². The molecule has 0 aliphatic carbocycles. The fourth-order valence-electron chi connectivity index (χ4n) is 2.10. The van der Waals surface area contributed by atoms with E-state index in [1.807, 2.05) is 12.1 Å². The zero-order valence-corrected chi connectivity index (χ0v) is 11.6. The van der Waals surface area contributed by atoms with Gasteiger partial charge in [-0.15, -0.1) is 0 Å². The second-order valence-corrected chi connectivity index (χ2v) is 4.52. The molecule has 0 saturated heterocycles. The summed E-state index contributed by atoms with van der Waals surface area (Å²) < 4.78 is 24.1. The molecule has 0 aliphatic heterocycles. The summed E-state index contributed by atoms with van der Waals surface area (Å²) in [6, 6.07) is 11.9. The number of ether oxygens (including phenoxy) is 2. The van der Waals surface area contributed by atoms with E-state index < -0.39 is 0 Å². The van der Waals surface area contributed by atoms with Crippen LogP contribution < -0.4 is 15.2 Å². The molecule has 3 nitrogen and oxygen atoms in total. The first-order chi connectivity index (χ1) is 9.65. The minimum absolute atomic E-state index is 0.233.